The van der Waals surface area contributed by atoms with E-state index in [4.69, 9.17) is 0 Å². The van der Waals surface area contributed by atoms with Crippen molar-refractivity contribution >= 4 is 0 Å². The maximum atomic E-state index is 12.9. The molecule has 0 fully saturated rings. The lowest BCUT2D eigenvalue weighted by molar-refractivity contribution is 0.118. The second-order valence-corrected chi connectivity index (χ2v) is 5.13. The van der Waals surface area contributed by atoms with E-state index in [-0.39, 0.29) is 11.9 Å². The van der Waals surface area contributed by atoms with Gasteiger partial charge >= 0.3 is 0 Å². The number of hydrogen-bond acceptors (Lipinski definition) is 2. The van der Waals surface area contributed by atoms with Crippen molar-refractivity contribution in [2.24, 2.45) is 0 Å². The highest BCUT2D eigenvalue weighted by atomic mass is 19.1. The molecular weight excluding hydrogens is 253 g/mol. The molecule has 3 heteroatoms. The van der Waals surface area contributed by atoms with E-state index in [0.717, 1.165) is 12.1 Å². The molecule has 0 aliphatic heterocycles. The molecule has 0 spiro atoms. The Morgan fingerprint density at radius 1 is 0.950 bits per heavy atom. The summed E-state index contributed by atoms with van der Waals surface area (Å²) >= 11 is 0. The van der Waals surface area contributed by atoms with Gasteiger partial charge in [0.15, 0.2) is 0 Å². The van der Waals surface area contributed by atoms with Crippen LogP contribution in [0.1, 0.15) is 18.1 Å². The Morgan fingerprint density at radius 2 is 1.50 bits per heavy atom. The van der Waals surface area contributed by atoms with Crippen LogP contribution in [-0.4, -0.2) is 22.7 Å². The monoisotopic (exact) mass is 273 g/mol. The average Bonchev–Trinajstić information content (AvgIpc) is 2.42. The summed E-state index contributed by atoms with van der Waals surface area (Å²) in [5, 5.41) is 9.62. The first-order valence-electron chi connectivity index (χ1n) is 6.82. The second kappa shape index (κ2) is 7.17. The van der Waals surface area contributed by atoms with Gasteiger partial charge in [0.05, 0.1) is 6.10 Å². The molecule has 0 heterocycles. The van der Waals surface area contributed by atoms with Crippen LogP contribution in [0.2, 0.25) is 0 Å². The second-order valence-electron chi connectivity index (χ2n) is 5.13. The lowest BCUT2D eigenvalue weighted by Gasteiger charge is -2.24. The van der Waals surface area contributed by atoms with Crippen LogP contribution >= 0.6 is 0 Å². The minimum absolute atomic E-state index is 0.223. The van der Waals surface area contributed by atoms with E-state index in [1.54, 1.807) is 19.1 Å². The zero-order valence-corrected chi connectivity index (χ0v) is 11.7. The quantitative estimate of drug-likeness (QED) is 0.873. The van der Waals surface area contributed by atoms with Gasteiger partial charge in [0.25, 0.3) is 0 Å². The largest absolute Gasteiger partial charge is 0.392 e. The molecule has 0 aliphatic carbocycles. The first kappa shape index (κ1) is 14.7. The highest BCUT2D eigenvalue weighted by Gasteiger charge is 2.10. The molecule has 0 aromatic heterocycles. The highest BCUT2D eigenvalue weighted by molar-refractivity contribution is 5.17. The van der Waals surface area contributed by atoms with Crippen molar-refractivity contribution in [2.75, 3.05) is 6.54 Å². The molecule has 0 aliphatic rings. The van der Waals surface area contributed by atoms with Crippen molar-refractivity contribution in [3.8, 4) is 0 Å². The molecule has 0 radical (unpaired) electrons. The minimum Gasteiger partial charge on any atom is -0.392 e. The molecule has 1 unspecified atom stereocenters. The number of rotatable bonds is 6. The van der Waals surface area contributed by atoms with Gasteiger partial charge in [0.1, 0.15) is 5.82 Å². The first-order chi connectivity index (χ1) is 9.63. The van der Waals surface area contributed by atoms with Gasteiger partial charge < -0.3 is 5.11 Å². The van der Waals surface area contributed by atoms with Crippen LogP contribution in [0.4, 0.5) is 4.39 Å². The molecule has 2 rings (SSSR count). The molecule has 2 aromatic carbocycles. The van der Waals surface area contributed by atoms with Crippen LogP contribution in [-0.2, 0) is 13.1 Å². The zero-order valence-electron chi connectivity index (χ0n) is 11.7. The van der Waals surface area contributed by atoms with Crippen LogP contribution in [0.5, 0.6) is 0 Å². The topological polar surface area (TPSA) is 23.5 Å². The van der Waals surface area contributed by atoms with E-state index in [0.29, 0.717) is 13.1 Å². The minimum atomic E-state index is -0.390. The number of halogens is 1. The van der Waals surface area contributed by atoms with Gasteiger partial charge in [-0.1, -0.05) is 42.5 Å². The summed E-state index contributed by atoms with van der Waals surface area (Å²) < 4.78 is 12.9. The van der Waals surface area contributed by atoms with E-state index < -0.39 is 0 Å². The average molecular weight is 273 g/mol. The third kappa shape index (κ3) is 4.76. The van der Waals surface area contributed by atoms with Gasteiger partial charge in [-0.25, -0.2) is 4.39 Å². The van der Waals surface area contributed by atoms with Crippen molar-refractivity contribution in [3.05, 3.63) is 71.5 Å². The smallest absolute Gasteiger partial charge is 0.123 e. The molecule has 0 amide bonds. The highest BCUT2D eigenvalue weighted by Crippen LogP contribution is 2.11. The van der Waals surface area contributed by atoms with Crippen molar-refractivity contribution in [3.63, 3.8) is 0 Å². The van der Waals surface area contributed by atoms with Gasteiger partial charge in [-0.15, -0.1) is 0 Å². The predicted molar refractivity (Wildman–Crippen MR) is 78.6 cm³/mol. The number of nitrogens with zero attached hydrogens (tertiary/aromatic N) is 1. The summed E-state index contributed by atoms with van der Waals surface area (Å²) in [6.45, 7) is 3.83. The van der Waals surface area contributed by atoms with Gasteiger partial charge in [0.2, 0.25) is 0 Å². The van der Waals surface area contributed by atoms with Crippen LogP contribution in [0.3, 0.4) is 0 Å². The predicted octanol–water partition coefficient (Wildman–Crippen LogP) is 3.21. The standard InChI is InChI=1S/C17H20FNO/c1-14(20)11-19(12-15-5-3-2-4-6-15)13-16-7-9-17(18)10-8-16/h2-10,14,20H,11-13H2,1H3. The van der Waals surface area contributed by atoms with E-state index in [1.807, 2.05) is 18.2 Å². The third-order valence-electron chi connectivity index (χ3n) is 3.09. The van der Waals surface area contributed by atoms with Crippen LogP contribution in [0.15, 0.2) is 54.6 Å². The summed E-state index contributed by atoms with van der Waals surface area (Å²) in [6, 6.07) is 16.7. The molecule has 0 saturated heterocycles. The van der Waals surface area contributed by atoms with Gasteiger partial charge in [0, 0.05) is 19.6 Å². The number of aliphatic hydroxyl groups is 1. The third-order valence-corrected chi connectivity index (χ3v) is 3.09. The van der Waals surface area contributed by atoms with Gasteiger partial charge in [-0.3, -0.25) is 4.90 Å². The summed E-state index contributed by atoms with van der Waals surface area (Å²) in [5.41, 5.74) is 2.25. The van der Waals surface area contributed by atoms with Crippen molar-refractivity contribution < 1.29 is 9.50 Å². The summed E-state index contributed by atoms with van der Waals surface area (Å²) in [7, 11) is 0. The molecule has 1 atom stereocenters. The van der Waals surface area contributed by atoms with E-state index in [9.17, 15) is 9.50 Å². The number of benzene rings is 2. The Labute approximate surface area is 119 Å². The first-order valence-corrected chi connectivity index (χ1v) is 6.82. The van der Waals surface area contributed by atoms with Crippen LogP contribution < -0.4 is 0 Å². The number of hydrogen-bond donors (Lipinski definition) is 1. The molecule has 1 N–H and O–H groups in total. The SMILES string of the molecule is CC(O)CN(Cc1ccccc1)Cc1ccc(F)cc1. The normalized spacial score (nSPS) is 12.6. The molecule has 20 heavy (non-hydrogen) atoms. The fraction of sp³-hybridized carbons (Fsp3) is 0.294. The van der Waals surface area contributed by atoms with E-state index >= 15 is 0 Å². The molecule has 2 aromatic rings. The molecule has 106 valence electrons. The van der Waals surface area contributed by atoms with Crippen molar-refractivity contribution in [2.45, 2.75) is 26.1 Å². The van der Waals surface area contributed by atoms with E-state index in [2.05, 4.69) is 17.0 Å². The Morgan fingerprint density at radius 3 is 2.05 bits per heavy atom. The molecule has 0 bridgehead atoms. The van der Waals surface area contributed by atoms with Gasteiger partial charge in [-0.05, 0) is 30.2 Å². The Bertz CT molecular complexity index is 510. The Kier molecular flexibility index (Phi) is 5.27. The Hall–Kier alpha value is -1.71. The number of aliphatic hydroxyl groups excluding tert-OH is 1. The van der Waals surface area contributed by atoms with Crippen molar-refractivity contribution in [1.82, 2.24) is 4.90 Å². The molecular formula is C17H20FNO. The van der Waals surface area contributed by atoms with Gasteiger partial charge in [-0.2, -0.15) is 0 Å². The van der Waals surface area contributed by atoms with Crippen molar-refractivity contribution in [1.29, 1.82) is 0 Å². The maximum Gasteiger partial charge on any atom is 0.123 e. The summed E-state index contributed by atoms with van der Waals surface area (Å²) in [4.78, 5) is 2.16. The molecule has 0 saturated carbocycles. The summed E-state index contributed by atoms with van der Waals surface area (Å²) in [5.74, 6) is -0.223. The Balaban J connectivity index is 2.05. The van der Waals surface area contributed by atoms with Crippen LogP contribution in [0, 0.1) is 5.82 Å². The fourth-order valence-corrected chi connectivity index (χ4v) is 2.25. The van der Waals surface area contributed by atoms with Crippen LogP contribution in [0.25, 0.3) is 0 Å². The lowest BCUT2D eigenvalue weighted by Crippen LogP contribution is -2.30. The molecule has 2 nitrogen and oxygen atoms in total. The van der Waals surface area contributed by atoms with E-state index in [1.165, 1.54) is 17.7 Å². The zero-order chi connectivity index (χ0) is 14.4. The maximum absolute atomic E-state index is 12.9. The fourth-order valence-electron chi connectivity index (χ4n) is 2.25. The lowest BCUT2D eigenvalue weighted by atomic mass is 10.1. The summed E-state index contributed by atoms with van der Waals surface area (Å²) in [6.07, 6.45) is -0.390.